The molecule has 2 aromatic rings. The van der Waals surface area contributed by atoms with Crippen molar-refractivity contribution >= 4 is 24.8 Å². The third kappa shape index (κ3) is 4.10. The predicted molar refractivity (Wildman–Crippen MR) is 92.0 cm³/mol. The molecule has 0 bridgehead atoms. The van der Waals surface area contributed by atoms with Gasteiger partial charge in [0.1, 0.15) is 0 Å². The number of halogens is 2. The van der Waals surface area contributed by atoms with E-state index in [2.05, 4.69) is 76.8 Å². The predicted octanol–water partition coefficient (Wildman–Crippen LogP) is 4.40. The van der Waals surface area contributed by atoms with Crippen molar-refractivity contribution in [3.8, 4) is 0 Å². The van der Waals surface area contributed by atoms with E-state index >= 15 is 0 Å². The molecule has 1 atom stereocenters. The molecule has 1 unspecified atom stereocenters. The van der Waals surface area contributed by atoms with E-state index < -0.39 is 0 Å². The number of nitrogens with zero attached hydrogens (tertiary/aromatic N) is 2. The molecule has 0 saturated heterocycles. The monoisotopic (exact) mass is 320 g/mol. The van der Waals surface area contributed by atoms with Crippen LogP contribution < -0.4 is 0 Å². The molecule has 2 heterocycles. The molecule has 1 aliphatic heterocycles. The van der Waals surface area contributed by atoms with Gasteiger partial charge in [-0.15, -0.1) is 24.8 Å². The number of hydrogen-bond donors (Lipinski definition) is 0. The van der Waals surface area contributed by atoms with E-state index in [1.807, 2.05) is 12.4 Å². The maximum atomic E-state index is 4.12. The highest BCUT2D eigenvalue weighted by atomic mass is 35.5. The van der Waals surface area contributed by atoms with Crippen LogP contribution >= 0.6 is 24.8 Å². The van der Waals surface area contributed by atoms with Gasteiger partial charge in [0.15, 0.2) is 0 Å². The molecule has 1 aromatic heterocycles. The largest absolute Gasteiger partial charge is 0.363 e. The summed E-state index contributed by atoms with van der Waals surface area (Å²) in [5.74, 6) is 0. The molecular formula is C17H18Cl2N2. The molecule has 0 aliphatic carbocycles. The molecule has 3 rings (SSSR count). The summed E-state index contributed by atoms with van der Waals surface area (Å²) in [5, 5.41) is 0. The van der Waals surface area contributed by atoms with E-state index in [1.165, 1.54) is 11.1 Å². The smallest absolute Gasteiger partial charge is 0.0794 e. The Morgan fingerprint density at radius 3 is 2.14 bits per heavy atom. The van der Waals surface area contributed by atoms with Crippen LogP contribution in [0.25, 0.3) is 0 Å². The lowest BCUT2D eigenvalue weighted by Gasteiger charge is -2.31. The normalized spacial score (nSPS) is 14.0. The minimum Gasteiger partial charge on any atom is -0.363 e. The molecule has 0 amide bonds. The van der Waals surface area contributed by atoms with Crippen LogP contribution in [0, 0.1) is 0 Å². The second-order valence-corrected chi connectivity index (χ2v) is 4.56. The van der Waals surface area contributed by atoms with Crippen molar-refractivity contribution in [2.24, 2.45) is 0 Å². The molecule has 4 heteroatoms. The number of rotatable bonds is 3. The highest BCUT2D eigenvalue weighted by Gasteiger charge is 2.19. The second kappa shape index (κ2) is 8.50. The number of hydrogen-bond acceptors (Lipinski definition) is 2. The minimum absolute atomic E-state index is 0. The topological polar surface area (TPSA) is 16.1 Å². The van der Waals surface area contributed by atoms with Gasteiger partial charge in [-0.3, -0.25) is 4.98 Å². The zero-order valence-corrected chi connectivity index (χ0v) is 13.1. The van der Waals surface area contributed by atoms with Crippen LogP contribution in [-0.2, 0) is 0 Å². The zero-order chi connectivity index (χ0) is 12.9. The van der Waals surface area contributed by atoms with Gasteiger partial charge >= 0.3 is 0 Å². The van der Waals surface area contributed by atoms with Gasteiger partial charge in [0.25, 0.3) is 0 Å². The molecule has 0 N–H and O–H groups in total. The van der Waals surface area contributed by atoms with Gasteiger partial charge in [0.05, 0.1) is 6.04 Å². The Morgan fingerprint density at radius 2 is 1.52 bits per heavy atom. The van der Waals surface area contributed by atoms with Crippen molar-refractivity contribution in [2.75, 3.05) is 6.54 Å². The summed E-state index contributed by atoms with van der Waals surface area (Å²) in [4.78, 5) is 6.45. The SMILES string of the molecule is C1=CCN(C(c2ccccc2)c2ccncc2)C=C1.Cl.Cl. The van der Waals surface area contributed by atoms with Gasteiger partial charge in [0, 0.05) is 25.1 Å². The average Bonchev–Trinajstić information content (AvgIpc) is 2.51. The van der Waals surface area contributed by atoms with Crippen molar-refractivity contribution in [3.63, 3.8) is 0 Å². The second-order valence-electron chi connectivity index (χ2n) is 4.56. The first-order chi connectivity index (χ1) is 9.45. The highest BCUT2D eigenvalue weighted by molar-refractivity contribution is 5.85. The number of benzene rings is 1. The van der Waals surface area contributed by atoms with Gasteiger partial charge in [-0.05, 0) is 29.3 Å². The van der Waals surface area contributed by atoms with Crippen LogP contribution in [0.1, 0.15) is 17.2 Å². The zero-order valence-electron chi connectivity index (χ0n) is 11.5. The molecular weight excluding hydrogens is 303 g/mol. The third-order valence-corrected chi connectivity index (χ3v) is 3.31. The first-order valence-corrected chi connectivity index (χ1v) is 6.49. The van der Waals surface area contributed by atoms with Gasteiger partial charge in [-0.25, -0.2) is 0 Å². The Labute approximate surface area is 138 Å². The Kier molecular flexibility index (Phi) is 7.00. The Morgan fingerprint density at radius 1 is 0.857 bits per heavy atom. The third-order valence-electron chi connectivity index (χ3n) is 3.31. The lowest BCUT2D eigenvalue weighted by molar-refractivity contribution is 0.346. The van der Waals surface area contributed by atoms with Crippen molar-refractivity contribution in [1.29, 1.82) is 0 Å². The molecule has 0 spiro atoms. The molecule has 0 fully saturated rings. The van der Waals surface area contributed by atoms with Gasteiger partial charge in [-0.2, -0.15) is 0 Å². The fourth-order valence-electron chi connectivity index (χ4n) is 2.43. The van der Waals surface area contributed by atoms with Crippen LogP contribution in [0.15, 0.2) is 79.3 Å². The van der Waals surface area contributed by atoms with Gasteiger partial charge in [-0.1, -0.05) is 42.5 Å². The number of allylic oxidation sites excluding steroid dienone is 2. The van der Waals surface area contributed by atoms with E-state index in [4.69, 9.17) is 0 Å². The van der Waals surface area contributed by atoms with E-state index in [9.17, 15) is 0 Å². The summed E-state index contributed by atoms with van der Waals surface area (Å²) in [6.07, 6.45) is 12.2. The Bertz CT molecular complexity index is 543. The summed E-state index contributed by atoms with van der Waals surface area (Å²) >= 11 is 0. The first-order valence-electron chi connectivity index (χ1n) is 6.49. The lowest BCUT2D eigenvalue weighted by Crippen LogP contribution is -2.25. The fourth-order valence-corrected chi connectivity index (χ4v) is 2.43. The quantitative estimate of drug-likeness (QED) is 0.833. The lowest BCUT2D eigenvalue weighted by atomic mass is 9.98. The van der Waals surface area contributed by atoms with Crippen molar-refractivity contribution in [2.45, 2.75) is 6.04 Å². The summed E-state index contributed by atoms with van der Waals surface area (Å²) in [7, 11) is 0. The Hall–Kier alpha value is -1.77. The molecule has 1 aliphatic rings. The summed E-state index contributed by atoms with van der Waals surface area (Å²) in [6, 6.07) is 15.0. The maximum Gasteiger partial charge on any atom is 0.0794 e. The van der Waals surface area contributed by atoms with Crippen molar-refractivity contribution in [3.05, 3.63) is 90.4 Å². The van der Waals surface area contributed by atoms with Crippen LogP contribution in [0.5, 0.6) is 0 Å². The molecule has 0 radical (unpaired) electrons. The van der Waals surface area contributed by atoms with E-state index in [1.54, 1.807) is 0 Å². The average molecular weight is 321 g/mol. The molecule has 2 nitrogen and oxygen atoms in total. The molecule has 0 saturated carbocycles. The maximum absolute atomic E-state index is 4.12. The van der Waals surface area contributed by atoms with Crippen LogP contribution in [0.2, 0.25) is 0 Å². The van der Waals surface area contributed by atoms with Crippen LogP contribution in [0.3, 0.4) is 0 Å². The van der Waals surface area contributed by atoms with Crippen LogP contribution in [-0.4, -0.2) is 16.4 Å². The summed E-state index contributed by atoms with van der Waals surface area (Å²) < 4.78 is 0. The summed E-state index contributed by atoms with van der Waals surface area (Å²) in [5.41, 5.74) is 2.56. The minimum atomic E-state index is 0. The summed E-state index contributed by atoms with van der Waals surface area (Å²) in [6.45, 7) is 0.929. The molecule has 1 aromatic carbocycles. The van der Waals surface area contributed by atoms with Gasteiger partial charge < -0.3 is 4.90 Å². The number of pyridine rings is 1. The van der Waals surface area contributed by atoms with Gasteiger partial charge in [0.2, 0.25) is 0 Å². The fraction of sp³-hybridized carbons (Fsp3) is 0.118. The van der Waals surface area contributed by atoms with E-state index in [-0.39, 0.29) is 30.9 Å². The number of aromatic nitrogens is 1. The van der Waals surface area contributed by atoms with E-state index in [0.29, 0.717) is 0 Å². The highest BCUT2D eigenvalue weighted by Crippen LogP contribution is 2.29. The Balaban J connectivity index is 0.00000110. The van der Waals surface area contributed by atoms with Crippen LogP contribution in [0.4, 0.5) is 0 Å². The van der Waals surface area contributed by atoms with E-state index in [0.717, 1.165) is 6.54 Å². The molecule has 110 valence electrons. The van der Waals surface area contributed by atoms with Crippen molar-refractivity contribution in [1.82, 2.24) is 9.88 Å². The van der Waals surface area contributed by atoms with Crippen molar-refractivity contribution < 1.29 is 0 Å². The molecule has 21 heavy (non-hydrogen) atoms. The standard InChI is InChI=1S/C17H16N2.2ClH/c1-3-7-15(8-4-1)17(16-9-11-18-12-10-16)19-13-5-2-6-14-19;;/h1-13,17H,14H2;2*1H. The first kappa shape index (κ1) is 17.3.